The summed E-state index contributed by atoms with van der Waals surface area (Å²) in [4.78, 5) is 22.8. The Labute approximate surface area is 250 Å². The molecule has 13 heteroatoms. The summed E-state index contributed by atoms with van der Waals surface area (Å²) in [5.74, 6) is -0.340. The van der Waals surface area contributed by atoms with E-state index in [0.717, 1.165) is 34.5 Å². The van der Waals surface area contributed by atoms with Crippen molar-refractivity contribution in [3.05, 3.63) is 69.8 Å². The van der Waals surface area contributed by atoms with Gasteiger partial charge in [-0.15, -0.1) is 11.3 Å². The number of amides is 1. The number of nitrogens with one attached hydrogen (secondary N) is 2. The van der Waals surface area contributed by atoms with E-state index in [1.165, 1.54) is 4.88 Å². The van der Waals surface area contributed by atoms with Crippen LogP contribution in [-0.2, 0) is 24.9 Å². The molecular formula is C30H32F3N7O2S. The van der Waals surface area contributed by atoms with Crippen LogP contribution in [0.2, 0.25) is 0 Å². The van der Waals surface area contributed by atoms with Crippen LogP contribution in [-0.4, -0.2) is 42.6 Å². The van der Waals surface area contributed by atoms with Gasteiger partial charge in [-0.05, 0) is 64.8 Å². The molecule has 1 aromatic carbocycles. The molecule has 2 atom stereocenters. The second kappa shape index (κ2) is 11.2. The van der Waals surface area contributed by atoms with E-state index in [2.05, 4.69) is 25.8 Å². The molecule has 9 nitrogen and oxygen atoms in total. The lowest BCUT2D eigenvalue weighted by Crippen LogP contribution is -2.26. The van der Waals surface area contributed by atoms with Crippen molar-refractivity contribution in [3.63, 3.8) is 0 Å². The quantitative estimate of drug-likeness (QED) is 0.204. The molecule has 4 aromatic heterocycles. The van der Waals surface area contributed by atoms with Crippen molar-refractivity contribution in [1.82, 2.24) is 29.6 Å². The normalized spacial score (nSPS) is 16.0. The Bertz CT molecular complexity index is 1780. The van der Waals surface area contributed by atoms with E-state index in [1.54, 1.807) is 41.8 Å². The van der Waals surface area contributed by atoms with E-state index < -0.39 is 12.7 Å². The van der Waals surface area contributed by atoms with Gasteiger partial charge in [0.05, 0.1) is 34.0 Å². The molecular weight excluding hydrogens is 579 g/mol. The highest BCUT2D eigenvalue weighted by Gasteiger charge is 2.30. The molecule has 0 bridgehead atoms. The number of aryl methyl sites for hydroxylation is 2. The van der Waals surface area contributed by atoms with Crippen LogP contribution >= 0.6 is 11.3 Å². The van der Waals surface area contributed by atoms with E-state index >= 15 is 4.39 Å². The Morgan fingerprint density at radius 2 is 2.02 bits per heavy atom. The van der Waals surface area contributed by atoms with Crippen molar-refractivity contribution >= 4 is 33.8 Å². The van der Waals surface area contributed by atoms with Crippen molar-refractivity contribution in [2.75, 3.05) is 5.32 Å². The number of carbonyl (C=O) groups is 1. The zero-order valence-corrected chi connectivity index (χ0v) is 25.0. The first-order valence-electron chi connectivity index (χ1n) is 14.1. The maximum absolute atomic E-state index is 15.1. The fourth-order valence-electron chi connectivity index (χ4n) is 5.41. The molecule has 0 radical (unpaired) electrons. The number of fused-ring (bicyclic) bond motifs is 2. The van der Waals surface area contributed by atoms with Crippen molar-refractivity contribution in [1.29, 1.82) is 0 Å². The first-order chi connectivity index (χ1) is 20.5. The zero-order valence-electron chi connectivity index (χ0n) is 24.2. The second-order valence-corrected chi connectivity index (χ2v) is 13.0. The van der Waals surface area contributed by atoms with E-state index in [0.29, 0.717) is 16.6 Å². The molecule has 226 valence electrons. The van der Waals surface area contributed by atoms with Crippen molar-refractivity contribution < 1.29 is 22.5 Å². The third-order valence-corrected chi connectivity index (χ3v) is 8.61. The van der Waals surface area contributed by atoms with Gasteiger partial charge in [0.1, 0.15) is 0 Å². The number of thiazole rings is 1. The van der Waals surface area contributed by atoms with Crippen LogP contribution in [0.1, 0.15) is 65.3 Å². The molecule has 0 saturated carbocycles. The summed E-state index contributed by atoms with van der Waals surface area (Å²) in [7, 11) is 0. The molecule has 0 spiro atoms. The van der Waals surface area contributed by atoms with Crippen LogP contribution in [0.25, 0.3) is 22.4 Å². The van der Waals surface area contributed by atoms with Crippen LogP contribution in [0.3, 0.4) is 0 Å². The van der Waals surface area contributed by atoms with Gasteiger partial charge >= 0.3 is 0 Å². The largest absolute Gasteiger partial charge is 0.381 e. The number of benzene rings is 1. The van der Waals surface area contributed by atoms with Crippen molar-refractivity contribution in [3.8, 4) is 11.5 Å². The number of carbonyl (C=O) groups excluding carboxylic acids is 1. The number of hydrogen-bond acceptors (Lipinski definition) is 7. The zero-order chi connectivity index (χ0) is 30.5. The highest BCUT2D eigenvalue weighted by molar-refractivity contribution is 7.11. The van der Waals surface area contributed by atoms with E-state index in [1.807, 2.05) is 44.5 Å². The first-order valence-corrected chi connectivity index (χ1v) is 14.9. The SMILES string of the molecule is Cc1nc2c(s1)CC(Nc1cccc3c1cc(-c1noc(CNC(=O)c4ccn(C(C)(C)C)c4)n1)n3C(F)C(F)F)CC2. The molecule has 0 saturated heterocycles. The lowest BCUT2D eigenvalue weighted by Gasteiger charge is -2.24. The third kappa shape index (κ3) is 5.77. The minimum atomic E-state index is -3.27. The summed E-state index contributed by atoms with van der Waals surface area (Å²) < 4.78 is 50.8. The molecule has 1 aliphatic carbocycles. The Hall–Kier alpha value is -4.13. The number of nitrogens with zero attached hydrogens (tertiary/aromatic N) is 5. The minimum absolute atomic E-state index is 0.0460. The average molecular weight is 612 g/mol. The van der Waals surface area contributed by atoms with Crippen LogP contribution in [0.4, 0.5) is 18.9 Å². The van der Waals surface area contributed by atoms with Gasteiger partial charge < -0.3 is 24.3 Å². The first kappa shape index (κ1) is 29.0. The Morgan fingerprint density at radius 1 is 1.21 bits per heavy atom. The van der Waals surface area contributed by atoms with Crippen LogP contribution in [0.15, 0.2) is 47.2 Å². The smallest absolute Gasteiger partial charge is 0.288 e. The van der Waals surface area contributed by atoms with Gasteiger partial charge in [-0.1, -0.05) is 11.2 Å². The molecule has 2 unspecified atom stereocenters. The summed E-state index contributed by atoms with van der Waals surface area (Å²) in [6.45, 7) is 7.98. The summed E-state index contributed by atoms with van der Waals surface area (Å²) in [5.41, 5.74) is 2.45. The summed E-state index contributed by atoms with van der Waals surface area (Å²) in [6, 6.07) is 8.57. The molecule has 43 heavy (non-hydrogen) atoms. The van der Waals surface area contributed by atoms with Gasteiger partial charge in [-0.3, -0.25) is 4.79 Å². The van der Waals surface area contributed by atoms with Gasteiger partial charge in [-0.2, -0.15) is 4.98 Å². The van der Waals surface area contributed by atoms with Gasteiger partial charge in [0.15, 0.2) is 0 Å². The van der Waals surface area contributed by atoms with Crippen molar-refractivity contribution in [2.24, 2.45) is 0 Å². The predicted octanol–water partition coefficient (Wildman–Crippen LogP) is 6.65. The van der Waals surface area contributed by atoms with Gasteiger partial charge in [0.2, 0.25) is 18.0 Å². The maximum atomic E-state index is 15.1. The number of halogens is 3. The highest BCUT2D eigenvalue weighted by Crippen LogP contribution is 2.37. The lowest BCUT2D eigenvalue weighted by molar-refractivity contribution is 0.0114. The topological polar surface area (TPSA) is 103 Å². The molecule has 4 heterocycles. The van der Waals surface area contributed by atoms with Gasteiger partial charge in [-0.25, -0.2) is 18.2 Å². The Morgan fingerprint density at radius 3 is 2.77 bits per heavy atom. The number of anilines is 1. The second-order valence-electron chi connectivity index (χ2n) is 11.7. The van der Waals surface area contributed by atoms with Gasteiger partial charge in [0.25, 0.3) is 12.3 Å². The van der Waals surface area contributed by atoms with Crippen LogP contribution in [0, 0.1) is 6.92 Å². The number of hydrogen-bond donors (Lipinski definition) is 2. The summed E-state index contributed by atoms with van der Waals surface area (Å²) >= 11 is 1.69. The van der Waals surface area contributed by atoms with Crippen molar-refractivity contribution in [2.45, 2.75) is 77.8 Å². The van der Waals surface area contributed by atoms with E-state index in [9.17, 15) is 13.6 Å². The van der Waals surface area contributed by atoms with Crippen LogP contribution in [0.5, 0.6) is 0 Å². The molecule has 0 aliphatic heterocycles. The Kier molecular flexibility index (Phi) is 7.53. The van der Waals surface area contributed by atoms with E-state index in [-0.39, 0.29) is 47.0 Å². The van der Waals surface area contributed by atoms with Crippen LogP contribution < -0.4 is 10.6 Å². The Balaban J connectivity index is 1.25. The summed E-state index contributed by atoms with van der Waals surface area (Å²) in [6.07, 6.45) is 0.177. The molecule has 5 aromatic rings. The third-order valence-electron chi connectivity index (χ3n) is 7.57. The molecule has 0 fully saturated rings. The van der Waals surface area contributed by atoms with Gasteiger partial charge in [0, 0.05) is 46.3 Å². The fraction of sp³-hybridized carbons (Fsp3) is 0.400. The average Bonchev–Trinajstić information content (AvgIpc) is 3.75. The monoisotopic (exact) mass is 611 g/mol. The molecule has 1 amide bonds. The maximum Gasteiger partial charge on any atom is 0.288 e. The molecule has 2 N–H and O–H groups in total. The predicted molar refractivity (Wildman–Crippen MR) is 158 cm³/mol. The fourth-order valence-corrected chi connectivity index (χ4v) is 6.47. The standard InChI is InChI=1S/C30H32F3N7O2S/c1-16-35-21-9-8-18(12-24(21)43-16)36-20-6-5-7-22-19(20)13-23(40(22)27(33)26(31)32)28-37-25(42-38-28)14-34-29(41)17-10-11-39(15-17)30(2,3)4/h5-7,10-11,13,15,18,26-27,36H,8-9,12,14H2,1-4H3,(H,34,41). The molecule has 6 rings (SSSR count). The van der Waals surface area contributed by atoms with E-state index in [4.69, 9.17) is 4.52 Å². The highest BCUT2D eigenvalue weighted by atomic mass is 32.1. The lowest BCUT2D eigenvalue weighted by atomic mass is 9.97. The number of alkyl halides is 3. The summed E-state index contributed by atoms with van der Waals surface area (Å²) in [5, 5.41) is 11.8. The number of rotatable bonds is 8. The number of aromatic nitrogens is 5. The molecule has 1 aliphatic rings. The minimum Gasteiger partial charge on any atom is -0.381 e.